The quantitative estimate of drug-likeness (QED) is 0.744. The Morgan fingerprint density at radius 2 is 2.00 bits per heavy atom. The molecule has 12 heavy (non-hydrogen) atoms. The largest absolute Gasteiger partial charge is 0.670 e. The molecule has 3 heteroatoms. The van der Waals surface area contributed by atoms with Crippen molar-refractivity contribution in [2.45, 2.75) is 12.5 Å². The van der Waals surface area contributed by atoms with Gasteiger partial charge in [-0.3, -0.25) is 4.79 Å². The first-order valence-corrected chi connectivity index (χ1v) is 3.68. The van der Waals surface area contributed by atoms with E-state index < -0.39 is 12.0 Å². The minimum absolute atomic E-state index is 0.135. The number of rotatable bonds is 3. The summed E-state index contributed by atoms with van der Waals surface area (Å²) >= 11 is 0. The molecule has 0 saturated carbocycles. The smallest absolute Gasteiger partial charge is 0.302 e. The van der Waals surface area contributed by atoms with Crippen molar-refractivity contribution in [2.24, 2.45) is 0 Å². The van der Waals surface area contributed by atoms with E-state index in [1.165, 1.54) is 0 Å². The van der Waals surface area contributed by atoms with E-state index in [1.54, 1.807) is 24.3 Å². The first-order valence-electron chi connectivity index (χ1n) is 3.68. The van der Waals surface area contributed by atoms with E-state index in [4.69, 9.17) is 10.8 Å². The highest BCUT2D eigenvalue weighted by Crippen LogP contribution is 2.18. The third-order valence-corrected chi connectivity index (χ3v) is 1.58. The van der Waals surface area contributed by atoms with E-state index in [-0.39, 0.29) is 6.42 Å². The van der Waals surface area contributed by atoms with Crippen molar-refractivity contribution in [3.8, 4) is 0 Å². The molecule has 0 aliphatic heterocycles. The summed E-state index contributed by atoms with van der Waals surface area (Å²) in [4.78, 5) is 10.3. The Hall–Kier alpha value is -1.35. The van der Waals surface area contributed by atoms with E-state index in [1.807, 2.05) is 6.07 Å². The maximum absolute atomic E-state index is 10.3. The second kappa shape index (κ2) is 3.88. The highest BCUT2D eigenvalue weighted by Gasteiger charge is 2.02. The first-order chi connectivity index (χ1) is 5.70. The third-order valence-electron chi connectivity index (χ3n) is 1.58. The predicted molar refractivity (Wildman–Crippen MR) is 45.8 cm³/mol. The number of benzene rings is 1. The molecule has 0 saturated heterocycles. The lowest BCUT2D eigenvalue weighted by Crippen LogP contribution is -2.01. The van der Waals surface area contributed by atoms with Crippen LogP contribution in [0.3, 0.4) is 0 Å². The van der Waals surface area contributed by atoms with Gasteiger partial charge >= 0.3 is 5.97 Å². The number of aliphatic carboxylic acids is 1. The summed E-state index contributed by atoms with van der Waals surface area (Å²) in [5.41, 5.74) is 8.21. The van der Waals surface area contributed by atoms with Crippen LogP contribution in [0.4, 0.5) is 0 Å². The van der Waals surface area contributed by atoms with Gasteiger partial charge in [-0.05, 0) is 0 Å². The number of carbonyl (C=O) groups is 1. The topological polar surface area (TPSA) is 61.1 Å². The Morgan fingerprint density at radius 1 is 1.42 bits per heavy atom. The molecule has 2 N–H and O–H groups in total. The van der Waals surface area contributed by atoms with E-state index in [2.05, 4.69) is 0 Å². The molecule has 1 rings (SSSR count). The summed E-state index contributed by atoms with van der Waals surface area (Å²) in [5, 5.41) is 8.43. The highest BCUT2D eigenvalue weighted by atomic mass is 16.4. The summed E-state index contributed by atoms with van der Waals surface area (Å²) in [6.07, 6.45) is -0.135. The Morgan fingerprint density at radius 3 is 2.50 bits per heavy atom. The van der Waals surface area contributed by atoms with Crippen LogP contribution < -0.4 is 0 Å². The third kappa shape index (κ3) is 2.36. The lowest BCUT2D eigenvalue weighted by molar-refractivity contribution is -0.137. The molecular formula is C9H10NO2-. The predicted octanol–water partition coefficient (Wildman–Crippen LogP) is 2.25. The SMILES string of the molecule is [NH-]C(CC(=O)O)c1ccccc1. The van der Waals surface area contributed by atoms with Crippen LogP contribution in [0, 0.1) is 0 Å². The molecule has 0 fully saturated rings. The summed E-state index contributed by atoms with van der Waals surface area (Å²) < 4.78 is 0. The minimum Gasteiger partial charge on any atom is -0.670 e. The van der Waals surface area contributed by atoms with Crippen molar-refractivity contribution in [3.63, 3.8) is 0 Å². The van der Waals surface area contributed by atoms with Gasteiger partial charge in [-0.25, -0.2) is 0 Å². The minimum atomic E-state index is -0.932. The molecule has 1 aromatic rings. The monoisotopic (exact) mass is 164 g/mol. The Bertz CT molecular complexity index is 258. The Kier molecular flexibility index (Phi) is 2.82. The summed E-state index contributed by atoms with van der Waals surface area (Å²) in [6.45, 7) is 0. The second-order valence-corrected chi connectivity index (χ2v) is 2.56. The van der Waals surface area contributed by atoms with Gasteiger partial charge in [-0.1, -0.05) is 35.9 Å². The number of carboxylic acid groups (broad SMARTS) is 1. The van der Waals surface area contributed by atoms with Crippen molar-refractivity contribution in [3.05, 3.63) is 41.6 Å². The number of hydrogen-bond acceptors (Lipinski definition) is 1. The number of hydrogen-bond donors (Lipinski definition) is 1. The fraction of sp³-hybridized carbons (Fsp3) is 0.222. The highest BCUT2D eigenvalue weighted by molar-refractivity contribution is 5.68. The average molecular weight is 164 g/mol. The standard InChI is InChI=1S/C9H10NO2/c10-8(6-9(11)12)7-4-2-1-3-5-7/h1-5,8,10H,6H2,(H,11,12)/q-1. The molecule has 0 aliphatic rings. The molecule has 0 heterocycles. The molecule has 0 radical (unpaired) electrons. The van der Waals surface area contributed by atoms with Crippen LogP contribution in [-0.2, 0) is 4.79 Å². The van der Waals surface area contributed by atoms with Gasteiger partial charge in [0.1, 0.15) is 0 Å². The van der Waals surface area contributed by atoms with Gasteiger partial charge in [-0.2, -0.15) is 0 Å². The first kappa shape index (κ1) is 8.74. The zero-order valence-electron chi connectivity index (χ0n) is 6.53. The van der Waals surface area contributed by atoms with Crippen LogP contribution in [0.25, 0.3) is 5.73 Å². The molecule has 0 aliphatic carbocycles. The van der Waals surface area contributed by atoms with Crippen LogP contribution in [0.2, 0.25) is 0 Å². The molecule has 64 valence electrons. The van der Waals surface area contributed by atoms with E-state index in [0.717, 1.165) is 5.56 Å². The zero-order valence-corrected chi connectivity index (χ0v) is 6.53. The van der Waals surface area contributed by atoms with Crippen molar-refractivity contribution < 1.29 is 9.90 Å². The normalized spacial score (nSPS) is 12.4. The maximum atomic E-state index is 10.3. The summed E-state index contributed by atoms with van der Waals surface area (Å²) in [7, 11) is 0. The molecular weight excluding hydrogens is 154 g/mol. The number of nitrogens with one attached hydrogen (secondary N) is 1. The van der Waals surface area contributed by atoms with Gasteiger partial charge in [0.15, 0.2) is 0 Å². The molecule has 1 unspecified atom stereocenters. The van der Waals surface area contributed by atoms with Gasteiger partial charge in [0.2, 0.25) is 0 Å². The molecule has 0 amide bonds. The van der Waals surface area contributed by atoms with E-state index in [9.17, 15) is 4.79 Å². The molecule has 0 bridgehead atoms. The van der Waals surface area contributed by atoms with Gasteiger partial charge in [0.25, 0.3) is 0 Å². The van der Waals surface area contributed by atoms with Crippen molar-refractivity contribution in [1.29, 1.82) is 0 Å². The summed E-state index contributed by atoms with van der Waals surface area (Å²) in [6, 6.07) is 8.33. The van der Waals surface area contributed by atoms with Gasteiger partial charge < -0.3 is 10.8 Å². The molecule has 0 aromatic heterocycles. The summed E-state index contributed by atoms with van der Waals surface area (Å²) in [5.74, 6) is -0.932. The van der Waals surface area contributed by atoms with Crippen LogP contribution in [0.15, 0.2) is 30.3 Å². The maximum Gasteiger partial charge on any atom is 0.302 e. The Balaban J connectivity index is 2.65. The molecule has 3 nitrogen and oxygen atoms in total. The second-order valence-electron chi connectivity index (χ2n) is 2.56. The lowest BCUT2D eigenvalue weighted by atomic mass is 10.1. The van der Waals surface area contributed by atoms with Gasteiger partial charge in [-0.15, -0.1) is 6.04 Å². The van der Waals surface area contributed by atoms with Crippen molar-refractivity contribution >= 4 is 5.97 Å². The van der Waals surface area contributed by atoms with Crippen LogP contribution in [0.5, 0.6) is 0 Å². The van der Waals surface area contributed by atoms with Crippen LogP contribution in [-0.4, -0.2) is 11.1 Å². The van der Waals surface area contributed by atoms with Crippen LogP contribution in [0.1, 0.15) is 18.0 Å². The molecule has 1 atom stereocenters. The van der Waals surface area contributed by atoms with Crippen molar-refractivity contribution in [1.82, 2.24) is 0 Å². The fourth-order valence-electron chi connectivity index (χ4n) is 0.978. The van der Waals surface area contributed by atoms with Crippen molar-refractivity contribution in [2.75, 3.05) is 0 Å². The molecule has 0 spiro atoms. The Labute approximate surface area is 70.8 Å². The number of carboxylic acids is 1. The fourth-order valence-corrected chi connectivity index (χ4v) is 0.978. The van der Waals surface area contributed by atoms with Crippen LogP contribution >= 0.6 is 0 Å². The lowest BCUT2D eigenvalue weighted by Gasteiger charge is -2.17. The zero-order chi connectivity index (χ0) is 8.97. The average Bonchev–Trinajstić information content (AvgIpc) is 2.05. The van der Waals surface area contributed by atoms with Gasteiger partial charge in [0, 0.05) is 6.42 Å². The van der Waals surface area contributed by atoms with E-state index >= 15 is 0 Å². The van der Waals surface area contributed by atoms with Gasteiger partial charge in [0.05, 0.1) is 0 Å². The van der Waals surface area contributed by atoms with E-state index in [0.29, 0.717) is 0 Å². The molecule has 1 aromatic carbocycles.